The molecular formula is C30H33F3N4O3S2. The standard InChI is InChI=1S/C19H17FN2O2S2.C11H14F2N2O.H2/c20-16-5-1-15(2-6-16)19-21-13-18(25-19)14-3-7-17(8-4-14)22-9-11-26(23,24)12-10-22;12-11(13)3-1-2-8(6-11)9(16)15-10(7-14)4-5-10;/h1-8,13H,9-12H2;8H,1-6H2,(H,15,16);1H/t;8-;/m.0./s1. The van der Waals surface area contributed by atoms with E-state index < -0.39 is 27.2 Å². The van der Waals surface area contributed by atoms with Gasteiger partial charge in [0.1, 0.15) is 16.4 Å². The third-order valence-corrected chi connectivity index (χ3v) is 10.5. The predicted molar refractivity (Wildman–Crippen MR) is 159 cm³/mol. The van der Waals surface area contributed by atoms with E-state index in [0.717, 1.165) is 26.7 Å². The Balaban J connectivity index is 0.000000215. The van der Waals surface area contributed by atoms with Gasteiger partial charge in [-0.3, -0.25) is 4.79 Å². The predicted octanol–water partition coefficient (Wildman–Crippen LogP) is 6.08. The second kappa shape index (κ2) is 12.1. The first kappa shape index (κ1) is 30.0. The molecule has 1 saturated heterocycles. The molecule has 1 atom stereocenters. The smallest absolute Gasteiger partial charge is 0.248 e. The molecule has 6 rings (SSSR count). The second-order valence-electron chi connectivity index (χ2n) is 11.1. The largest absolute Gasteiger partial charge is 0.369 e. The Morgan fingerprint density at radius 3 is 2.29 bits per heavy atom. The van der Waals surface area contributed by atoms with E-state index in [1.54, 1.807) is 23.5 Å². The van der Waals surface area contributed by atoms with E-state index in [1.807, 2.05) is 36.5 Å². The molecule has 3 aliphatic rings. The fraction of sp³-hybridized carbons (Fsp3) is 0.433. The minimum Gasteiger partial charge on any atom is -0.369 e. The van der Waals surface area contributed by atoms with Crippen molar-refractivity contribution in [2.75, 3.05) is 29.5 Å². The number of hydrogen-bond acceptors (Lipinski definition) is 7. The highest BCUT2D eigenvalue weighted by molar-refractivity contribution is 7.91. The number of nitrogens with zero attached hydrogens (tertiary/aromatic N) is 3. The molecule has 1 aromatic heterocycles. The minimum atomic E-state index is -2.87. The molecule has 42 heavy (non-hydrogen) atoms. The number of hydrogen-bond donors (Lipinski definition) is 1. The number of carbonyl (C=O) groups is 1. The number of aromatic nitrogens is 1. The first-order valence-corrected chi connectivity index (χ1v) is 16.5. The number of thiazole rings is 1. The number of nitriles is 1. The highest BCUT2D eigenvalue weighted by Gasteiger charge is 2.47. The molecule has 1 amide bonds. The van der Waals surface area contributed by atoms with Gasteiger partial charge in [-0.05, 0) is 67.6 Å². The van der Waals surface area contributed by atoms with Crippen molar-refractivity contribution in [3.05, 3.63) is 60.5 Å². The molecule has 2 aliphatic carbocycles. The van der Waals surface area contributed by atoms with Gasteiger partial charge < -0.3 is 10.2 Å². The van der Waals surface area contributed by atoms with Crippen LogP contribution >= 0.6 is 11.3 Å². The molecule has 1 aliphatic heterocycles. The summed E-state index contributed by atoms with van der Waals surface area (Å²) >= 11 is 1.56. The van der Waals surface area contributed by atoms with E-state index in [0.29, 0.717) is 38.8 Å². The zero-order valence-corrected chi connectivity index (χ0v) is 24.5. The van der Waals surface area contributed by atoms with Crippen LogP contribution in [0.15, 0.2) is 54.7 Å². The van der Waals surface area contributed by atoms with Gasteiger partial charge in [0, 0.05) is 50.7 Å². The number of amides is 1. The van der Waals surface area contributed by atoms with Crippen molar-refractivity contribution in [2.24, 2.45) is 5.92 Å². The molecule has 0 radical (unpaired) electrons. The highest BCUT2D eigenvalue weighted by Crippen LogP contribution is 2.39. The van der Waals surface area contributed by atoms with Crippen LogP contribution in [0.25, 0.3) is 21.0 Å². The summed E-state index contributed by atoms with van der Waals surface area (Å²) in [5.74, 6) is -3.56. The van der Waals surface area contributed by atoms with E-state index in [-0.39, 0.29) is 37.5 Å². The average Bonchev–Trinajstić information content (AvgIpc) is 3.56. The SMILES string of the molecule is N#CC1(NC(=O)[C@H]2CCCC(F)(F)C2)CC1.O=S1(=O)CCN(c2ccc(-c3cnc(-c4ccc(F)cc4)s3)cc2)CC1.[HH]. The summed E-state index contributed by atoms with van der Waals surface area (Å²) in [7, 11) is -2.87. The lowest BCUT2D eigenvalue weighted by Crippen LogP contribution is -2.43. The Morgan fingerprint density at radius 1 is 1.05 bits per heavy atom. The molecule has 7 nitrogen and oxygen atoms in total. The first-order valence-electron chi connectivity index (χ1n) is 13.9. The van der Waals surface area contributed by atoms with Crippen molar-refractivity contribution in [2.45, 2.75) is 50.0 Å². The molecule has 224 valence electrons. The van der Waals surface area contributed by atoms with Crippen LogP contribution in [0.5, 0.6) is 0 Å². The normalized spacial score (nSPS) is 21.8. The lowest BCUT2D eigenvalue weighted by molar-refractivity contribution is -0.132. The first-order chi connectivity index (χ1) is 20.0. The summed E-state index contributed by atoms with van der Waals surface area (Å²) in [4.78, 5) is 19.3. The zero-order chi connectivity index (χ0) is 30.0. The fourth-order valence-corrected chi connectivity index (χ4v) is 7.19. The zero-order valence-electron chi connectivity index (χ0n) is 22.9. The molecular weight excluding hydrogens is 585 g/mol. The van der Waals surface area contributed by atoms with Gasteiger partial charge in [-0.25, -0.2) is 26.6 Å². The topological polar surface area (TPSA) is 103 Å². The molecule has 2 heterocycles. The molecule has 3 aromatic rings. The van der Waals surface area contributed by atoms with E-state index in [1.165, 1.54) is 12.1 Å². The van der Waals surface area contributed by atoms with Crippen LogP contribution in [0.2, 0.25) is 0 Å². The van der Waals surface area contributed by atoms with Crippen LogP contribution < -0.4 is 10.2 Å². The number of sulfone groups is 1. The third-order valence-electron chi connectivity index (χ3n) is 7.80. The van der Waals surface area contributed by atoms with Crippen LogP contribution in [0, 0.1) is 23.1 Å². The molecule has 0 bridgehead atoms. The van der Waals surface area contributed by atoms with Gasteiger partial charge in [-0.1, -0.05) is 12.1 Å². The molecule has 1 N–H and O–H groups in total. The average molecular weight is 619 g/mol. The van der Waals surface area contributed by atoms with Gasteiger partial charge in [0.05, 0.1) is 22.5 Å². The second-order valence-corrected chi connectivity index (χ2v) is 14.4. The van der Waals surface area contributed by atoms with Crippen LogP contribution in [-0.4, -0.2) is 55.4 Å². The summed E-state index contributed by atoms with van der Waals surface area (Å²) in [6, 6.07) is 16.4. The Labute approximate surface area is 248 Å². The van der Waals surface area contributed by atoms with Crippen molar-refractivity contribution in [1.82, 2.24) is 10.3 Å². The number of anilines is 1. The van der Waals surface area contributed by atoms with Crippen molar-refractivity contribution in [3.63, 3.8) is 0 Å². The Kier molecular flexibility index (Phi) is 8.62. The van der Waals surface area contributed by atoms with E-state index in [9.17, 15) is 26.4 Å². The van der Waals surface area contributed by atoms with Gasteiger partial charge in [-0.15, -0.1) is 11.3 Å². The Bertz CT molecular complexity index is 1560. The molecule has 3 fully saturated rings. The van der Waals surface area contributed by atoms with Gasteiger partial charge >= 0.3 is 0 Å². The number of alkyl halides is 2. The maximum Gasteiger partial charge on any atom is 0.248 e. The lowest BCUT2D eigenvalue weighted by Gasteiger charge is -2.28. The molecule has 0 unspecified atom stereocenters. The van der Waals surface area contributed by atoms with Crippen LogP contribution in [0.1, 0.15) is 40.0 Å². The number of halogens is 3. The summed E-state index contributed by atoms with van der Waals surface area (Å²) in [5.41, 5.74) is 2.24. The van der Waals surface area contributed by atoms with Crippen molar-refractivity contribution >= 4 is 32.8 Å². The Morgan fingerprint density at radius 2 is 1.69 bits per heavy atom. The minimum absolute atomic E-state index is 0. The van der Waals surface area contributed by atoms with Gasteiger partial charge in [0.15, 0.2) is 9.84 Å². The van der Waals surface area contributed by atoms with Crippen molar-refractivity contribution in [1.29, 1.82) is 5.26 Å². The number of rotatable bonds is 5. The Hall–Kier alpha value is -3.43. The van der Waals surface area contributed by atoms with Gasteiger partial charge in [0.2, 0.25) is 11.8 Å². The number of carbonyl (C=O) groups excluding carboxylic acids is 1. The maximum atomic E-state index is 13.1. The molecule has 12 heteroatoms. The fourth-order valence-electron chi connectivity index (χ4n) is 5.06. The van der Waals surface area contributed by atoms with Crippen molar-refractivity contribution < 1.29 is 27.8 Å². The molecule has 2 saturated carbocycles. The monoisotopic (exact) mass is 618 g/mol. The lowest BCUT2D eigenvalue weighted by atomic mass is 9.86. The summed E-state index contributed by atoms with van der Waals surface area (Å²) in [6.45, 7) is 1.08. The molecule has 2 aromatic carbocycles. The van der Waals surface area contributed by atoms with Crippen LogP contribution in [0.4, 0.5) is 18.9 Å². The van der Waals surface area contributed by atoms with Crippen LogP contribution in [-0.2, 0) is 14.6 Å². The molecule has 0 spiro atoms. The highest BCUT2D eigenvalue weighted by atomic mass is 32.2. The maximum absolute atomic E-state index is 13.1. The van der Waals surface area contributed by atoms with E-state index in [2.05, 4.69) is 15.2 Å². The van der Waals surface area contributed by atoms with Gasteiger partial charge in [0.25, 0.3) is 0 Å². The summed E-state index contributed by atoms with van der Waals surface area (Å²) in [6.07, 6.45) is 3.48. The van der Waals surface area contributed by atoms with Crippen LogP contribution in [0.3, 0.4) is 0 Å². The van der Waals surface area contributed by atoms with Crippen molar-refractivity contribution in [3.8, 4) is 27.1 Å². The summed E-state index contributed by atoms with van der Waals surface area (Å²) < 4.78 is 62.4. The number of benzene rings is 2. The quantitative estimate of drug-likeness (QED) is 0.372. The number of nitrogens with one attached hydrogen (secondary N) is 1. The van der Waals surface area contributed by atoms with Gasteiger partial charge in [-0.2, -0.15) is 5.26 Å². The van der Waals surface area contributed by atoms with E-state index >= 15 is 0 Å². The summed E-state index contributed by atoms with van der Waals surface area (Å²) in [5, 5.41) is 12.2. The third kappa shape index (κ3) is 7.50. The van der Waals surface area contributed by atoms with E-state index in [4.69, 9.17) is 5.26 Å².